The van der Waals surface area contributed by atoms with Gasteiger partial charge < -0.3 is 10.2 Å². The molecule has 1 aromatic carbocycles. The lowest BCUT2D eigenvalue weighted by atomic mass is 10.2. The average molecular weight is 313 g/mol. The van der Waals surface area contributed by atoms with Crippen LogP contribution < -0.4 is 4.72 Å². The molecule has 0 aliphatic carbocycles. The first kappa shape index (κ1) is 16.4. The fraction of sp³-hybridized carbons (Fsp3) is 0.300. The number of hydrogen-bond acceptors (Lipinski definition) is 4. The van der Waals surface area contributed by atoms with Gasteiger partial charge in [-0.2, -0.15) is 0 Å². The molecule has 0 aliphatic rings. The summed E-state index contributed by atoms with van der Waals surface area (Å²) in [5.74, 6) is -6.51. The molecule has 0 atom stereocenters. The Balaban J connectivity index is 3.05. The summed E-state index contributed by atoms with van der Waals surface area (Å²) in [4.78, 5) is 9.98. The van der Waals surface area contributed by atoms with Gasteiger partial charge in [0.05, 0.1) is 17.0 Å². The number of benzene rings is 1. The quantitative estimate of drug-likeness (QED) is 0.706. The van der Waals surface area contributed by atoms with Crippen molar-refractivity contribution in [1.82, 2.24) is 4.72 Å². The lowest BCUT2D eigenvalue weighted by molar-refractivity contribution is -0.0437. The minimum atomic E-state index is -4.45. The fourth-order valence-corrected chi connectivity index (χ4v) is 2.26. The van der Waals surface area contributed by atoms with Crippen LogP contribution in [0.5, 0.6) is 0 Å². The molecule has 3 N–H and O–H groups in total. The van der Waals surface area contributed by atoms with Crippen molar-refractivity contribution in [2.24, 2.45) is 0 Å². The van der Waals surface area contributed by atoms with Gasteiger partial charge >= 0.3 is 5.97 Å². The molecule has 0 fully saturated rings. The van der Waals surface area contributed by atoms with Crippen molar-refractivity contribution in [3.63, 3.8) is 0 Å². The zero-order valence-electron chi connectivity index (χ0n) is 9.81. The number of carboxylic acids is 1. The number of aromatic carboxylic acids is 1. The molecule has 0 spiro atoms. The molecule has 0 amide bonds. The summed E-state index contributed by atoms with van der Waals surface area (Å²) in [5, 5.41) is 16.9. The topological polar surface area (TPSA) is 104 Å². The number of nitrogens with one attached hydrogen (secondary N) is 1. The van der Waals surface area contributed by atoms with Crippen molar-refractivity contribution in [1.29, 1.82) is 0 Å². The first-order chi connectivity index (χ1) is 9.09. The first-order valence-corrected chi connectivity index (χ1v) is 6.58. The Hall–Kier alpha value is -1.65. The Morgan fingerprint density at radius 3 is 2.45 bits per heavy atom. The second-order valence-electron chi connectivity index (χ2n) is 3.79. The van der Waals surface area contributed by atoms with Crippen LogP contribution in [-0.2, 0) is 10.0 Å². The van der Waals surface area contributed by atoms with Gasteiger partial charge in [-0.3, -0.25) is 0 Å². The van der Waals surface area contributed by atoms with E-state index in [1.165, 1.54) is 4.72 Å². The highest BCUT2D eigenvalue weighted by molar-refractivity contribution is 7.89. The summed E-state index contributed by atoms with van der Waals surface area (Å²) in [5.41, 5.74) is -0.901. The lowest BCUT2D eigenvalue weighted by Gasteiger charge is -2.14. The van der Waals surface area contributed by atoms with Gasteiger partial charge in [0.2, 0.25) is 10.0 Å². The summed E-state index contributed by atoms with van der Waals surface area (Å²) in [6.45, 7) is -2.93. The van der Waals surface area contributed by atoms with Crippen LogP contribution in [0.2, 0.25) is 0 Å². The second-order valence-corrected chi connectivity index (χ2v) is 5.55. The molecule has 0 saturated heterocycles. The number of halogens is 3. The van der Waals surface area contributed by atoms with Gasteiger partial charge in [-0.25, -0.2) is 31.1 Å². The number of hydrogen-bond donors (Lipinski definition) is 3. The lowest BCUT2D eigenvalue weighted by Crippen LogP contribution is -2.39. The highest BCUT2D eigenvalue weighted by Gasteiger charge is 2.30. The molecule has 0 bridgehead atoms. The van der Waals surface area contributed by atoms with Gasteiger partial charge in [-0.05, 0) is 18.2 Å². The highest BCUT2D eigenvalue weighted by atomic mass is 32.2. The number of rotatable bonds is 6. The van der Waals surface area contributed by atoms with Crippen molar-refractivity contribution in [2.45, 2.75) is 10.8 Å². The van der Waals surface area contributed by atoms with Crippen molar-refractivity contribution in [2.75, 3.05) is 13.2 Å². The van der Waals surface area contributed by atoms with E-state index in [0.717, 1.165) is 6.07 Å². The monoisotopic (exact) mass is 313 g/mol. The van der Waals surface area contributed by atoms with Crippen LogP contribution in [-0.4, -0.2) is 43.7 Å². The van der Waals surface area contributed by atoms with Gasteiger partial charge in [-0.15, -0.1) is 0 Å². The standard InChI is InChI=1S/C10H10F3NO5S/c11-8-2-1-6(3-7(8)9(16)17)20(18,19)14-4-10(12,13)5-15/h1-3,14-15H,4-5H2,(H,16,17). The number of aliphatic hydroxyl groups excluding tert-OH is 1. The average Bonchev–Trinajstić information content (AvgIpc) is 2.36. The molecule has 0 heterocycles. The molecule has 0 unspecified atom stereocenters. The largest absolute Gasteiger partial charge is 0.478 e. The van der Waals surface area contributed by atoms with Crippen LogP contribution in [0.4, 0.5) is 13.2 Å². The maximum Gasteiger partial charge on any atom is 0.338 e. The third kappa shape index (κ3) is 3.92. The molecule has 0 saturated carbocycles. The van der Waals surface area contributed by atoms with Gasteiger partial charge in [0.1, 0.15) is 12.4 Å². The molecule has 0 radical (unpaired) electrons. The fourth-order valence-electron chi connectivity index (χ4n) is 1.18. The first-order valence-electron chi connectivity index (χ1n) is 5.10. The Morgan fingerprint density at radius 2 is 1.95 bits per heavy atom. The van der Waals surface area contributed by atoms with Crippen LogP contribution in [0.3, 0.4) is 0 Å². The Morgan fingerprint density at radius 1 is 1.35 bits per heavy atom. The van der Waals surface area contributed by atoms with E-state index in [-0.39, 0.29) is 0 Å². The minimum Gasteiger partial charge on any atom is -0.478 e. The molecule has 20 heavy (non-hydrogen) atoms. The normalized spacial score (nSPS) is 12.4. The highest BCUT2D eigenvalue weighted by Crippen LogP contribution is 2.17. The number of alkyl halides is 2. The van der Waals surface area contributed by atoms with Gasteiger partial charge in [-0.1, -0.05) is 0 Å². The second kappa shape index (κ2) is 5.77. The molecule has 6 nitrogen and oxygen atoms in total. The predicted octanol–water partition coefficient (Wildman–Crippen LogP) is 0.430. The van der Waals surface area contributed by atoms with Crippen molar-refractivity contribution in [3.8, 4) is 0 Å². The van der Waals surface area contributed by atoms with Crippen molar-refractivity contribution >= 4 is 16.0 Å². The smallest absolute Gasteiger partial charge is 0.338 e. The number of sulfonamides is 1. The molecule has 1 aromatic rings. The maximum atomic E-state index is 13.1. The molecule has 0 aliphatic heterocycles. The number of carbonyl (C=O) groups is 1. The predicted molar refractivity (Wildman–Crippen MR) is 60.6 cm³/mol. The van der Waals surface area contributed by atoms with E-state index in [1.807, 2.05) is 0 Å². The van der Waals surface area contributed by atoms with Gasteiger partial charge in [0, 0.05) is 0 Å². The molecular formula is C10H10F3NO5S. The summed E-state index contributed by atoms with van der Waals surface area (Å²) < 4.78 is 63.3. The third-order valence-electron chi connectivity index (χ3n) is 2.23. The molecule has 112 valence electrons. The van der Waals surface area contributed by atoms with E-state index in [0.29, 0.717) is 12.1 Å². The zero-order valence-corrected chi connectivity index (χ0v) is 10.6. The number of carboxylic acid groups (broad SMARTS) is 1. The van der Waals surface area contributed by atoms with Crippen molar-refractivity contribution < 1.29 is 36.6 Å². The van der Waals surface area contributed by atoms with E-state index >= 15 is 0 Å². The Bertz CT molecular complexity index is 617. The summed E-state index contributed by atoms with van der Waals surface area (Å²) in [6, 6.07) is 1.85. The molecule has 0 aromatic heterocycles. The van der Waals surface area contributed by atoms with E-state index < -0.39 is 51.3 Å². The molecular weight excluding hydrogens is 303 g/mol. The zero-order chi connectivity index (χ0) is 15.6. The summed E-state index contributed by atoms with van der Waals surface area (Å²) in [7, 11) is -4.45. The van der Waals surface area contributed by atoms with Crippen LogP contribution >= 0.6 is 0 Å². The molecule has 1 rings (SSSR count). The van der Waals surface area contributed by atoms with E-state index in [9.17, 15) is 26.4 Å². The Labute approximate surface area is 111 Å². The van der Waals surface area contributed by atoms with Gasteiger partial charge in [0.15, 0.2) is 0 Å². The van der Waals surface area contributed by atoms with Gasteiger partial charge in [0.25, 0.3) is 5.92 Å². The van der Waals surface area contributed by atoms with E-state index in [1.54, 1.807) is 0 Å². The summed E-state index contributed by atoms with van der Waals surface area (Å²) >= 11 is 0. The number of aliphatic hydroxyl groups is 1. The Kier molecular flexibility index (Phi) is 4.73. The van der Waals surface area contributed by atoms with Crippen LogP contribution in [0, 0.1) is 5.82 Å². The van der Waals surface area contributed by atoms with E-state index in [4.69, 9.17) is 10.2 Å². The minimum absolute atomic E-state index is 0.511. The van der Waals surface area contributed by atoms with E-state index in [2.05, 4.69) is 0 Å². The molecule has 10 heteroatoms. The van der Waals surface area contributed by atoms with Crippen LogP contribution in [0.1, 0.15) is 10.4 Å². The van der Waals surface area contributed by atoms with Crippen LogP contribution in [0.25, 0.3) is 0 Å². The maximum absolute atomic E-state index is 13.1. The SMILES string of the molecule is O=C(O)c1cc(S(=O)(=O)NCC(F)(F)CO)ccc1F. The summed E-state index contributed by atoms with van der Waals surface area (Å²) in [6.07, 6.45) is 0. The third-order valence-corrected chi connectivity index (χ3v) is 3.63. The van der Waals surface area contributed by atoms with Crippen molar-refractivity contribution in [3.05, 3.63) is 29.6 Å². The van der Waals surface area contributed by atoms with Crippen LogP contribution in [0.15, 0.2) is 23.1 Å².